The summed E-state index contributed by atoms with van der Waals surface area (Å²) in [5.74, 6) is 0.0988. The Labute approximate surface area is 102 Å². The molecule has 0 radical (unpaired) electrons. The molecular formula is C9H19ClN2O3S. The Morgan fingerprint density at radius 3 is 2.62 bits per heavy atom. The third-order valence-electron chi connectivity index (χ3n) is 2.36. The zero-order valence-corrected chi connectivity index (χ0v) is 11.1. The maximum Gasteiger partial charge on any atom is 0.213 e. The summed E-state index contributed by atoms with van der Waals surface area (Å²) in [4.78, 5) is 2.19. The number of nitrogens with one attached hydrogen (secondary N) is 1. The van der Waals surface area contributed by atoms with E-state index in [9.17, 15) is 8.42 Å². The first-order valence-electron chi connectivity index (χ1n) is 5.39. The average molecular weight is 271 g/mol. The summed E-state index contributed by atoms with van der Waals surface area (Å²) in [5.41, 5.74) is 0. The summed E-state index contributed by atoms with van der Waals surface area (Å²) in [6.07, 6.45) is 0. The number of ether oxygens (including phenoxy) is 1. The molecule has 0 aromatic carbocycles. The quantitative estimate of drug-likeness (QED) is 0.683. The third kappa shape index (κ3) is 5.45. The van der Waals surface area contributed by atoms with E-state index < -0.39 is 10.0 Å². The lowest BCUT2D eigenvalue weighted by molar-refractivity contribution is 0.0354. The molecule has 1 fully saturated rings. The van der Waals surface area contributed by atoms with Crippen LogP contribution in [0.5, 0.6) is 0 Å². The normalized spacial score (nSPS) is 20.9. The lowest BCUT2D eigenvalue weighted by atomic mass is 10.3. The number of rotatable bonds is 6. The maximum atomic E-state index is 11.4. The molecule has 96 valence electrons. The molecule has 0 amide bonds. The second kappa shape index (κ2) is 6.76. The number of sulfonamides is 1. The second-order valence-electron chi connectivity index (χ2n) is 3.94. The van der Waals surface area contributed by atoms with E-state index >= 15 is 0 Å². The predicted molar refractivity (Wildman–Crippen MR) is 64.4 cm³/mol. The largest absolute Gasteiger partial charge is 0.379 e. The molecule has 1 N–H and O–H groups in total. The molecule has 16 heavy (non-hydrogen) atoms. The van der Waals surface area contributed by atoms with E-state index in [4.69, 9.17) is 16.3 Å². The van der Waals surface area contributed by atoms with Gasteiger partial charge in [-0.3, -0.25) is 4.90 Å². The highest BCUT2D eigenvalue weighted by Gasteiger charge is 2.17. The van der Waals surface area contributed by atoms with Crippen LogP contribution in [-0.4, -0.2) is 63.8 Å². The average Bonchev–Trinajstić information content (AvgIpc) is 2.17. The van der Waals surface area contributed by atoms with Crippen LogP contribution in [0.1, 0.15) is 6.92 Å². The van der Waals surface area contributed by atoms with E-state index in [0.29, 0.717) is 6.54 Å². The Morgan fingerprint density at radius 1 is 1.44 bits per heavy atom. The SMILES string of the molecule is CC(CN1CCOCC1)NS(=O)(=O)CCCl. The fourth-order valence-corrected chi connectivity index (χ4v) is 3.29. The first-order valence-corrected chi connectivity index (χ1v) is 7.58. The summed E-state index contributed by atoms with van der Waals surface area (Å²) < 4.78 is 30.7. The van der Waals surface area contributed by atoms with Crippen LogP contribution in [0.3, 0.4) is 0 Å². The molecular weight excluding hydrogens is 252 g/mol. The van der Waals surface area contributed by atoms with E-state index in [2.05, 4.69) is 9.62 Å². The monoisotopic (exact) mass is 270 g/mol. The Bertz CT molecular complexity index is 291. The van der Waals surface area contributed by atoms with Crippen molar-refractivity contribution in [3.8, 4) is 0 Å². The van der Waals surface area contributed by atoms with Gasteiger partial charge in [-0.1, -0.05) is 0 Å². The molecule has 0 saturated carbocycles. The molecule has 0 aliphatic carbocycles. The highest BCUT2D eigenvalue weighted by atomic mass is 35.5. The van der Waals surface area contributed by atoms with Gasteiger partial charge in [-0.05, 0) is 6.92 Å². The van der Waals surface area contributed by atoms with Gasteiger partial charge < -0.3 is 4.74 Å². The van der Waals surface area contributed by atoms with Crippen molar-refractivity contribution in [3.05, 3.63) is 0 Å². The number of hydrogen-bond acceptors (Lipinski definition) is 4. The number of nitrogens with zero attached hydrogens (tertiary/aromatic N) is 1. The van der Waals surface area contributed by atoms with Crippen LogP contribution in [-0.2, 0) is 14.8 Å². The van der Waals surface area contributed by atoms with E-state index in [0.717, 1.165) is 26.3 Å². The Morgan fingerprint density at radius 2 is 2.06 bits per heavy atom. The van der Waals surface area contributed by atoms with Gasteiger partial charge in [0.25, 0.3) is 0 Å². The first kappa shape index (κ1) is 14.2. The van der Waals surface area contributed by atoms with Crippen LogP contribution >= 0.6 is 11.6 Å². The number of hydrogen-bond donors (Lipinski definition) is 1. The zero-order valence-electron chi connectivity index (χ0n) is 9.49. The van der Waals surface area contributed by atoms with Gasteiger partial charge in [-0.15, -0.1) is 11.6 Å². The van der Waals surface area contributed by atoms with Crippen LogP contribution < -0.4 is 4.72 Å². The maximum absolute atomic E-state index is 11.4. The van der Waals surface area contributed by atoms with Crippen molar-refractivity contribution >= 4 is 21.6 Å². The van der Waals surface area contributed by atoms with Crippen molar-refractivity contribution < 1.29 is 13.2 Å². The van der Waals surface area contributed by atoms with E-state index in [1.165, 1.54) is 0 Å². The predicted octanol–water partition coefficient (Wildman–Crippen LogP) is -0.135. The molecule has 0 spiro atoms. The minimum atomic E-state index is -3.22. The smallest absolute Gasteiger partial charge is 0.213 e. The molecule has 1 unspecified atom stereocenters. The Hall–Kier alpha value is 0.120. The van der Waals surface area contributed by atoms with Gasteiger partial charge >= 0.3 is 0 Å². The van der Waals surface area contributed by atoms with Gasteiger partial charge in [0.05, 0.1) is 19.0 Å². The van der Waals surface area contributed by atoms with Gasteiger partial charge in [0.1, 0.15) is 0 Å². The zero-order chi connectivity index (χ0) is 12.0. The molecule has 1 heterocycles. The van der Waals surface area contributed by atoms with Crippen molar-refractivity contribution in [2.45, 2.75) is 13.0 Å². The number of morpholine rings is 1. The van der Waals surface area contributed by atoms with Crippen molar-refractivity contribution in [1.29, 1.82) is 0 Å². The Kier molecular flexibility index (Phi) is 5.99. The third-order valence-corrected chi connectivity index (χ3v) is 4.28. The summed E-state index contributed by atoms with van der Waals surface area (Å²) in [7, 11) is -3.22. The van der Waals surface area contributed by atoms with Gasteiger partial charge in [0, 0.05) is 31.6 Å². The minimum absolute atomic E-state index is 0.0258. The van der Waals surface area contributed by atoms with Crippen LogP contribution in [0, 0.1) is 0 Å². The first-order chi connectivity index (χ1) is 7.53. The number of alkyl halides is 1. The van der Waals surface area contributed by atoms with Gasteiger partial charge in [-0.2, -0.15) is 0 Å². The molecule has 0 aromatic heterocycles. The minimum Gasteiger partial charge on any atom is -0.379 e. The van der Waals surface area contributed by atoms with E-state index in [-0.39, 0.29) is 17.7 Å². The summed E-state index contributed by atoms with van der Waals surface area (Å²) >= 11 is 5.42. The highest BCUT2D eigenvalue weighted by Crippen LogP contribution is 2.00. The van der Waals surface area contributed by atoms with Crippen LogP contribution in [0.25, 0.3) is 0 Å². The topological polar surface area (TPSA) is 58.6 Å². The standard InChI is InChI=1S/C9H19ClN2O3S/c1-9(11-16(13,14)7-2-10)8-12-3-5-15-6-4-12/h9,11H,2-8H2,1H3. The van der Waals surface area contributed by atoms with E-state index in [1.807, 2.05) is 6.92 Å². The van der Waals surface area contributed by atoms with Crippen LogP contribution in [0.15, 0.2) is 0 Å². The van der Waals surface area contributed by atoms with Crippen molar-refractivity contribution in [1.82, 2.24) is 9.62 Å². The molecule has 7 heteroatoms. The molecule has 0 aromatic rings. The van der Waals surface area contributed by atoms with Gasteiger partial charge in [0.15, 0.2) is 0 Å². The fourth-order valence-electron chi connectivity index (χ4n) is 1.68. The van der Waals surface area contributed by atoms with Gasteiger partial charge in [0.2, 0.25) is 10.0 Å². The molecule has 0 bridgehead atoms. The molecule has 1 aliphatic heterocycles. The molecule has 1 atom stereocenters. The Balaban J connectivity index is 2.31. The van der Waals surface area contributed by atoms with Gasteiger partial charge in [-0.25, -0.2) is 13.1 Å². The fraction of sp³-hybridized carbons (Fsp3) is 1.00. The lowest BCUT2D eigenvalue weighted by Crippen LogP contribution is -2.46. The van der Waals surface area contributed by atoms with Crippen LogP contribution in [0.2, 0.25) is 0 Å². The summed E-state index contributed by atoms with van der Waals surface area (Å²) in [6.45, 7) is 5.75. The molecule has 1 aliphatic rings. The highest BCUT2D eigenvalue weighted by molar-refractivity contribution is 7.89. The van der Waals surface area contributed by atoms with Crippen molar-refractivity contribution in [3.63, 3.8) is 0 Å². The summed E-state index contributed by atoms with van der Waals surface area (Å²) in [5, 5.41) is 0. The molecule has 1 rings (SSSR count). The number of halogens is 1. The van der Waals surface area contributed by atoms with Crippen LogP contribution in [0.4, 0.5) is 0 Å². The molecule has 5 nitrogen and oxygen atoms in total. The van der Waals surface area contributed by atoms with Crippen molar-refractivity contribution in [2.75, 3.05) is 44.5 Å². The second-order valence-corrected chi connectivity index (χ2v) is 6.19. The summed E-state index contributed by atoms with van der Waals surface area (Å²) in [6, 6.07) is -0.0914. The van der Waals surface area contributed by atoms with E-state index in [1.54, 1.807) is 0 Å². The molecule has 1 saturated heterocycles. The lowest BCUT2D eigenvalue weighted by Gasteiger charge is -2.29. The van der Waals surface area contributed by atoms with Crippen molar-refractivity contribution in [2.24, 2.45) is 0 Å².